The lowest BCUT2D eigenvalue weighted by Crippen LogP contribution is -2.19. The van der Waals surface area contributed by atoms with Crippen molar-refractivity contribution in [2.24, 2.45) is 0 Å². The number of nitrogens with zero attached hydrogens (tertiary/aromatic N) is 3. The molecule has 1 atom stereocenters. The average Bonchev–Trinajstić information content (AvgIpc) is 2.81. The molecule has 0 radical (unpaired) electrons. The van der Waals surface area contributed by atoms with Crippen LogP contribution in [0.25, 0.3) is 0 Å². The fourth-order valence-electron chi connectivity index (χ4n) is 1.69. The topological polar surface area (TPSA) is 39.8 Å². The van der Waals surface area contributed by atoms with E-state index in [1.54, 1.807) is 22.9 Å². The molecule has 0 spiro atoms. The Morgan fingerprint density at radius 2 is 2.17 bits per heavy atom. The van der Waals surface area contributed by atoms with Crippen LogP contribution in [0.15, 0.2) is 39.9 Å². The molecule has 0 amide bonds. The highest BCUT2D eigenvalue weighted by atomic mass is 79.9. The Morgan fingerprint density at radius 3 is 2.89 bits per heavy atom. The van der Waals surface area contributed by atoms with Gasteiger partial charge in [0.25, 0.3) is 5.56 Å². The minimum absolute atomic E-state index is 0.0173. The van der Waals surface area contributed by atoms with Gasteiger partial charge in [-0.2, -0.15) is 5.10 Å². The van der Waals surface area contributed by atoms with E-state index in [4.69, 9.17) is 0 Å². The van der Waals surface area contributed by atoms with Crippen LogP contribution < -0.4 is 5.56 Å². The van der Waals surface area contributed by atoms with E-state index in [9.17, 15) is 4.79 Å². The van der Waals surface area contributed by atoms with Crippen molar-refractivity contribution < 1.29 is 0 Å². The first kappa shape index (κ1) is 13.1. The molecule has 0 aliphatic rings. The molecular formula is C13H16BrN3O. The zero-order valence-electron chi connectivity index (χ0n) is 10.5. The van der Waals surface area contributed by atoms with Gasteiger partial charge in [-0.05, 0) is 41.4 Å². The van der Waals surface area contributed by atoms with E-state index in [0.29, 0.717) is 12.6 Å². The molecule has 0 N–H and O–H groups in total. The van der Waals surface area contributed by atoms with Crippen molar-refractivity contribution in [2.45, 2.75) is 32.9 Å². The number of hydrogen-bond acceptors (Lipinski definition) is 2. The standard InChI is InChI=1S/C13H16BrN3O/c1-3-10(2)17-7-6-12(15-17)9-16-8-11(14)4-5-13(16)18/h4-8,10H,3,9H2,1-2H3. The molecule has 0 aliphatic heterocycles. The Balaban J connectivity index is 2.21. The van der Waals surface area contributed by atoms with Crippen LogP contribution in [0.3, 0.4) is 0 Å². The van der Waals surface area contributed by atoms with E-state index in [1.165, 1.54) is 0 Å². The SMILES string of the molecule is CCC(C)n1ccc(Cn2cc(Br)ccc2=O)n1. The van der Waals surface area contributed by atoms with Crippen molar-refractivity contribution in [3.8, 4) is 0 Å². The maximum atomic E-state index is 11.7. The van der Waals surface area contributed by atoms with Crippen molar-refractivity contribution >= 4 is 15.9 Å². The molecule has 2 heterocycles. The molecule has 2 aromatic rings. The van der Waals surface area contributed by atoms with Gasteiger partial charge in [0.15, 0.2) is 0 Å². The monoisotopic (exact) mass is 309 g/mol. The minimum Gasteiger partial charge on any atom is -0.308 e. The largest absolute Gasteiger partial charge is 0.308 e. The van der Waals surface area contributed by atoms with Crippen LogP contribution >= 0.6 is 15.9 Å². The highest BCUT2D eigenvalue weighted by Gasteiger charge is 2.06. The summed E-state index contributed by atoms with van der Waals surface area (Å²) >= 11 is 3.36. The molecule has 1 unspecified atom stereocenters. The Bertz CT molecular complexity index is 588. The molecule has 5 heteroatoms. The summed E-state index contributed by atoms with van der Waals surface area (Å²) < 4.78 is 4.48. The van der Waals surface area contributed by atoms with Gasteiger partial charge in [-0.1, -0.05) is 6.92 Å². The highest BCUT2D eigenvalue weighted by Crippen LogP contribution is 2.10. The maximum absolute atomic E-state index is 11.7. The highest BCUT2D eigenvalue weighted by molar-refractivity contribution is 9.10. The second kappa shape index (κ2) is 5.52. The number of pyridine rings is 1. The number of halogens is 1. The van der Waals surface area contributed by atoms with E-state index < -0.39 is 0 Å². The fraction of sp³-hybridized carbons (Fsp3) is 0.385. The first-order valence-corrected chi connectivity index (χ1v) is 6.79. The first-order valence-electron chi connectivity index (χ1n) is 6.00. The third-order valence-corrected chi connectivity index (χ3v) is 3.45. The van der Waals surface area contributed by atoms with E-state index in [0.717, 1.165) is 16.6 Å². The van der Waals surface area contributed by atoms with E-state index >= 15 is 0 Å². The Kier molecular flexibility index (Phi) is 4.01. The zero-order valence-corrected chi connectivity index (χ0v) is 12.1. The number of aromatic nitrogens is 3. The van der Waals surface area contributed by atoms with E-state index in [-0.39, 0.29) is 5.56 Å². The zero-order chi connectivity index (χ0) is 13.1. The molecule has 0 saturated carbocycles. The summed E-state index contributed by atoms with van der Waals surface area (Å²) in [6.07, 6.45) is 4.79. The summed E-state index contributed by atoms with van der Waals surface area (Å²) in [6.45, 7) is 4.76. The van der Waals surface area contributed by atoms with Crippen LogP contribution in [-0.4, -0.2) is 14.3 Å². The van der Waals surface area contributed by atoms with Gasteiger partial charge in [-0.25, -0.2) is 0 Å². The predicted molar refractivity (Wildman–Crippen MR) is 74.7 cm³/mol. The van der Waals surface area contributed by atoms with Gasteiger partial charge in [0, 0.05) is 29.0 Å². The van der Waals surface area contributed by atoms with Crippen molar-refractivity contribution in [1.29, 1.82) is 0 Å². The fourth-order valence-corrected chi connectivity index (χ4v) is 2.07. The quantitative estimate of drug-likeness (QED) is 0.871. The third-order valence-electron chi connectivity index (χ3n) is 2.99. The molecule has 18 heavy (non-hydrogen) atoms. The first-order chi connectivity index (χ1) is 8.60. The lowest BCUT2D eigenvalue weighted by Gasteiger charge is -2.08. The van der Waals surface area contributed by atoms with E-state index in [1.807, 2.05) is 16.9 Å². The Hall–Kier alpha value is -1.36. The molecule has 0 aliphatic carbocycles. The molecule has 0 bridgehead atoms. The van der Waals surface area contributed by atoms with Crippen LogP contribution in [0.4, 0.5) is 0 Å². The Labute approximate surface area is 114 Å². The van der Waals surface area contributed by atoms with Crippen LogP contribution in [0.1, 0.15) is 32.0 Å². The summed E-state index contributed by atoms with van der Waals surface area (Å²) in [4.78, 5) is 11.7. The van der Waals surface area contributed by atoms with Gasteiger partial charge < -0.3 is 4.57 Å². The van der Waals surface area contributed by atoms with Gasteiger partial charge in [0.1, 0.15) is 0 Å². The van der Waals surface area contributed by atoms with Crippen molar-refractivity contribution in [2.75, 3.05) is 0 Å². The molecule has 0 fully saturated rings. The number of rotatable bonds is 4. The lowest BCUT2D eigenvalue weighted by molar-refractivity contribution is 0.472. The summed E-state index contributed by atoms with van der Waals surface area (Å²) in [6, 6.07) is 5.64. The maximum Gasteiger partial charge on any atom is 0.250 e. The Morgan fingerprint density at radius 1 is 1.39 bits per heavy atom. The lowest BCUT2D eigenvalue weighted by atomic mass is 10.3. The van der Waals surface area contributed by atoms with Crippen molar-refractivity contribution in [1.82, 2.24) is 14.3 Å². The van der Waals surface area contributed by atoms with Gasteiger partial charge in [-0.15, -0.1) is 0 Å². The van der Waals surface area contributed by atoms with Crippen molar-refractivity contribution in [3.05, 3.63) is 51.1 Å². The number of hydrogen-bond donors (Lipinski definition) is 0. The summed E-state index contributed by atoms with van der Waals surface area (Å²) in [7, 11) is 0. The minimum atomic E-state index is -0.0173. The molecule has 0 saturated heterocycles. The molecule has 96 valence electrons. The smallest absolute Gasteiger partial charge is 0.250 e. The van der Waals surface area contributed by atoms with Crippen LogP contribution in [0.2, 0.25) is 0 Å². The normalized spacial score (nSPS) is 12.6. The van der Waals surface area contributed by atoms with Gasteiger partial charge in [0.05, 0.1) is 12.2 Å². The van der Waals surface area contributed by atoms with Gasteiger partial charge >= 0.3 is 0 Å². The van der Waals surface area contributed by atoms with Crippen molar-refractivity contribution in [3.63, 3.8) is 0 Å². The van der Waals surface area contributed by atoms with Crippen LogP contribution in [0.5, 0.6) is 0 Å². The van der Waals surface area contributed by atoms with Crippen LogP contribution in [0, 0.1) is 0 Å². The second-order valence-electron chi connectivity index (χ2n) is 4.36. The summed E-state index contributed by atoms with van der Waals surface area (Å²) in [5.41, 5.74) is 0.881. The molecule has 2 rings (SSSR count). The van der Waals surface area contributed by atoms with Gasteiger partial charge in [-0.3, -0.25) is 9.48 Å². The summed E-state index contributed by atoms with van der Waals surface area (Å²) in [5, 5.41) is 4.49. The summed E-state index contributed by atoms with van der Waals surface area (Å²) in [5.74, 6) is 0. The molecule has 2 aromatic heterocycles. The van der Waals surface area contributed by atoms with E-state index in [2.05, 4.69) is 34.9 Å². The predicted octanol–water partition coefficient (Wildman–Crippen LogP) is 2.83. The molecular weight excluding hydrogens is 294 g/mol. The molecule has 4 nitrogen and oxygen atoms in total. The van der Waals surface area contributed by atoms with Gasteiger partial charge in [0.2, 0.25) is 0 Å². The van der Waals surface area contributed by atoms with Crippen LogP contribution in [-0.2, 0) is 6.54 Å². The molecule has 0 aromatic carbocycles. The third kappa shape index (κ3) is 2.90. The second-order valence-corrected chi connectivity index (χ2v) is 5.27. The average molecular weight is 310 g/mol.